The molecular formula is C32H28N2. The van der Waals surface area contributed by atoms with Gasteiger partial charge in [0, 0.05) is 16.7 Å². The molecule has 2 heteroatoms. The first kappa shape index (κ1) is 20.8. The summed E-state index contributed by atoms with van der Waals surface area (Å²) in [6.07, 6.45) is 3.69. The lowest BCUT2D eigenvalue weighted by Crippen LogP contribution is -2.13. The molecule has 2 nitrogen and oxygen atoms in total. The van der Waals surface area contributed by atoms with E-state index in [0.717, 1.165) is 24.2 Å². The van der Waals surface area contributed by atoms with Crippen molar-refractivity contribution in [3.63, 3.8) is 0 Å². The van der Waals surface area contributed by atoms with E-state index in [1.165, 1.54) is 49.7 Å². The van der Waals surface area contributed by atoms with E-state index < -0.39 is 0 Å². The minimum absolute atomic E-state index is 0.0448. The average Bonchev–Trinajstić information content (AvgIpc) is 2.87. The highest BCUT2D eigenvalue weighted by Crippen LogP contribution is 2.40. The molecule has 0 atom stereocenters. The Morgan fingerprint density at radius 2 is 1.41 bits per heavy atom. The van der Waals surface area contributed by atoms with Crippen LogP contribution in [-0.4, -0.2) is 9.97 Å². The van der Waals surface area contributed by atoms with E-state index in [9.17, 15) is 0 Å². The van der Waals surface area contributed by atoms with Gasteiger partial charge in [-0.2, -0.15) is 0 Å². The zero-order valence-electron chi connectivity index (χ0n) is 20.0. The Morgan fingerprint density at radius 1 is 0.647 bits per heavy atom. The highest BCUT2D eigenvalue weighted by atomic mass is 14.8. The van der Waals surface area contributed by atoms with Crippen LogP contribution in [0.25, 0.3) is 44.4 Å². The van der Waals surface area contributed by atoms with Crippen LogP contribution in [0.4, 0.5) is 0 Å². The van der Waals surface area contributed by atoms with Crippen molar-refractivity contribution in [3.05, 3.63) is 108 Å². The lowest BCUT2D eigenvalue weighted by atomic mass is 9.81. The van der Waals surface area contributed by atoms with Gasteiger partial charge in [0.1, 0.15) is 6.33 Å². The highest BCUT2D eigenvalue weighted by Gasteiger charge is 2.24. The standard InChI is InChI=1S/C32H28N2/c1-32(2,3)29-19-25(18-23-11-7-8-12-26(23)29)30-28-16-14-24-17-22(21-9-5-4-6-10-21)13-15-27(24)31(28)34-20-33-30/h4-13,15,17-20H,14,16H2,1-3H3. The molecule has 0 amide bonds. The molecule has 1 aliphatic rings. The van der Waals surface area contributed by atoms with Crippen molar-refractivity contribution in [2.45, 2.75) is 39.0 Å². The predicted octanol–water partition coefficient (Wildman–Crippen LogP) is 8.03. The molecule has 4 aromatic carbocycles. The summed E-state index contributed by atoms with van der Waals surface area (Å²) in [6, 6.07) is 30.7. The Hall–Kier alpha value is -3.78. The molecule has 1 aromatic heterocycles. The van der Waals surface area contributed by atoms with E-state index in [4.69, 9.17) is 9.97 Å². The maximum Gasteiger partial charge on any atom is 0.116 e. The third kappa shape index (κ3) is 3.51. The molecular weight excluding hydrogens is 412 g/mol. The van der Waals surface area contributed by atoms with Crippen molar-refractivity contribution in [1.29, 1.82) is 0 Å². The molecule has 6 rings (SSSR count). The topological polar surface area (TPSA) is 25.8 Å². The Labute approximate surface area is 201 Å². The van der Waals surface area contributed by atoms with Gasteiger partial charge in [-0.15, -0.1) is 0 Å². The normalized spacial score (nSPS) is 12.9. The number of benzene rings is 4. The summed E-state index contributed by atoms with van der Waals surface area (Å²) in [5.41, 5.74) is 11.1. The number of fused-ring (bicyclic) bond motifs is 4. The maximum atomic E-state index is 4.82. The molecule has 0 radical (unpaired) electrons. The number of aromatic nitrogens is 2. The van der Waals surface area contributed by atoms with Crippen LogP contribution in [0.5, 0.6) is 0 Å². The third-order valence-corrected chi connectivity index (χ3v) is 7.00. The second kappa shape index (κ2) is 7.92. The van der Waals surface area contributed by atoms with E-state index in [1.54, 1.807) is 6.33 Å². The van der Waals surface area contributed by atoms with Gasteiger partial charge in [-0.05, 0) is 63.4 Å². The van der Waals surface area contributed by atoms with E-state index in [1.807, 2.05) is 0 Å². The molecule has 166 valence electrons. The quantitative estimate of drug-likeness (QED) is 0.278. The van der Waals surface area contributed by atoms with Gasteiger partial charge in [0.2, 0.25) is 0 Å². The fourth-order valence-corrected chi connectivity index (χ4v) is 5.30. The first-order valence-electron chi connectivity index (χ1n) is 12.1. The zero-order valence-corrected chi connectivity index (χ0v) is 20.0. The lowest BCUT2D eigenvalue weighted by Gasteiger charge is -2.25. The summed E-state index contributed by atoms with van der Waals surface area (Å²) >= 11 is 0. The third-order valence-electron chi connectivity index (χ3n) is 7.00. The second-order valence-corrected chi connectivity index (χ2v) is 10.3. The first-order chi connectivity index (χ1) is 16.5. The van der Waals surface area contributed by atoms with Gasteiger partial charge in [0.25, 0.3) is 0 Å². The maximum absolute atomic E-state index is 4.82. The highest BCUT2D eigenvalue weighted by molar-refractivity contribution is 5.92. The fourth-order valence-electron chi connectivity index (χ4n) is 5.30. The first-order valence-corrected chi connectivity index (χ1v) is 12.1. The van der Waals surface area contributed by atoms with Gasteiger partial charge in [-0.1, -0.05) is 93.6 Å². The van der Waals surface area contributed by atoms with Crippen LogP contribution in [0.1, 0.15) is 37.5 Å². The largest absolute Gasteiger partial charge is 0.236 e. The summed E-state index contributed by atoms with van der Waals surface area (Å²) in [5, 5.41) is 2.58. The van der Waals surface area contributed by atoms with Gasteiger partial charge in [-0.3, -0.25) is 0 Å². The van der Waals surface area contributed by atoms with E-state index in [2.05, 4.69) is 106 Å². The Kier molecular flexibility index (Phi) is 4.84. The summed E-state index contributed by atoms with van der Waals surface area (Å²) in [5.74, 6) is 0. The van der Waals surface area contributed by atoms with Crippen molar-refractivity contribution in [2.24, 2.45) is 0 Å². The summed E-state index contributed by atoms with van der Waals surface area (Å²) < 4.78 is 0. The SMILES string of the molecule is CC(C)(C)c1cc(-c2ncnc3c2CCc2cc(-c4ccccc4)ccc2-3)cc2ccccc12. The molecule has 0 bridgehead atoms. The van der Waals surface area contributed by atoms with Gasteiger partial charge in [0.05, 0.1) is 11.4 Å². The molecule has 0 fully saturated rings. The Balaban J connectivity index is 1.50. The molecule has 0 N–H and O–H groups in total. The molecule has 0 aliphatic heterocycles. The van der Waals surface area contributed by atoms with Crippen molar-refractivity contribution in [2.75, 3.05) is 0 Å². The van der Waals surface area contributed by atoms with Crippen LogP contribution in [-0.2, 0) is 18.3 Å². The smallest absolute Gasteiger partial charge is 0.116 e. The number of nitrogens with zero attached hydrogens (tertiary/aromatic N) is 2. The minimum atomic E-state index is 0.0448. The van der Waals surface area contributed by atoms with Crippen LogP contribution >= 0.6 is 0 Å². The van der Waals surface area contributed by atoms with E-state index >= 15 is 0 Å². The Bertz CT molecular complexity index is 1520. The van der Waals surface area contributed by atoms with Crippen molar-refractivity contribution < 1.29 is 0 Å². The van der Waals surface area contributed by atoms with Crippen LogP contribution in [0.3, 0.4) is 0 Å². The Morgan fingerprint density at radius 3 is 2.24 bits per heavy atom. The van der Waals surface area contributed by atoms with Crippen LogP contribution < -0.4 is 0 Å². The number of hydrogen-bond acceptors (Lipinski definition) is 2. The average molecular weight is 441 g/mol. The van der Waals surface area contributed by atoms with Crippen molar-refractivity contribution in [3.8, 4) is 33.6 Å². The van der Waals surface area contributed by atoms with Gasteiger partial charge >= 0.3 is 0 Å². The van der Waals surface area contributed by atoms with E-state index in [-0.39, 0.29) is 5.41 Å². The van der Waals surface area contributed by atoms with Crippen LogP contribution in [0.15, 0.2) is 91.3 Å². The number of aryl methyl sites for hydroxylation is 1. The van der Waals surface area contributed by atoms with E-state index in [0.29, 0.717) is 0 Å². The molecule has 1 heterocycles. The van der Waals surface area contributed by atoms with Gasteiger partial charge in [-0.25, -0.2) is 9.97 Å². The molecule has 0 unspecified atom stereocenters. The van der Waals surface area contributed by atoms with Crippen molar-refractivity contribution >= 4 is 10.8 Å². The number of rotatable bonds is 2. The number of hydrogen-bond donors (Lipinski definition) is 0. The molecule has 0 saturated heterocycles. The predicted molar refractivity (Wildman–Crippen MR) is 142 cm³/mol. The van der Waals surface area contributed by atoms with Crippen LogP contribution in [0, 0.1) is 0 Å². The molecule has 34 heavy (non-hydrogen) atoms. The van der Waals surface area contributed by atoms with Crippen LogP contribution in [0.2, 0.25) is 0 Å². The summed E-state index contributed by atoms with van der Waals surface area (Å²) in [4.78, 5) is 9.59. The second-order valence-electron chi connectivity index (χ2n) is 10.3. The lowest BCUT2D eigenvalue weighted by molar-refractivity contribution is 0.596. The molecule has 1 aliphatic carbocycles. The minimum Gasteiger partial charge on any atom is -0.236 e. The zero-order chi connectivity index (χ0) is 23.3. The van der Waals surface area contributed by atoms with Crippen molar-refractivity contribution in [1.82, 2.24) is 9.97 Å². The molecule has 0 spiro atoms. The summed E-state index contributed by atoms with van der Waals surface area (Å²) in [6.45, 7) is 6.86. The fraction of sp³-hybridized carbons (Fsp3) is 0.188. The molecule has 0 saturated carbocycles. The monoisotopic (exact) mass is 440 g/mol. The summed E-state index contributed by atoms with van der Waals surface area (Å²) in [7, 11) is 0. The van der Waals surface area contributed by atoms with Gasteiger partial charge < -0.3 is 0 Å². The van der Waals surface area contributed by atoms with Gasteiger partial charge in [0.15, 0.2) is 0 Å². The molecule has 5 aromatic rings.